The molecule has 1 heterocycles. The Morgan fingerprint density at radius 1 is 1.31 bits per heavy atom. The fourth-order valence-electron chi connectivity index (χ4n) is 2.53. The molecule has 1 aromatic carbocycles. The van der Waals surface area contributed by atoms with E-state index in [0.717, 1.165) is 29.5 Å². The summed E-state index contributed by atoms with van der Waals surface area (Å²) in [5.74, 6) is 0.153. The maximum absolute atomic E-state index is 12.8. The number of aryl methyl sites for hydroxylation is 1. The second kappa shape index (κ2) is 8.87. The molecule has 0 fully saturated rings. The van der Waals surface area contributed by atoms with Gasteiger partial charge in [0, 0.05) is 22.3 Å². The average molecular weight is 395 g/mol. The molecule has 0 spiro atoms. The van der Waals surface area contributed by atoms with Gasteiger partial charge in [-0.2, -0.15) is 4.99 Å². The molecular weight excluding hydrogens is 368 g/mol. The molecule has 26 heavy (non-hydrogen) atoms. The van der Waals surface area contributed by atoms with Gasteiger partial charge in [-0.1, -0.05) is 31.4 Å². The molecule has 4 nitrogen and oxygen atoms in total. The first-order valence-electron chi connectivity index (χ1n) is 8.91. The third kappa shape index (κ3) is 5.21. The average Bonchev–Trinajstić information content (AvgIpc) is 2.98. The van der Waals surface area contributed by atoms with Crippen LogP contribution >= 0.6 is 23.1 Å². The summed E-state index contributed by atoms with van der Waals surface area (Å²) in [4.78, 5) is 17.2. The Morgan fingerprint density at radius 3 is 2.65 bits per heavy atom. The van der Waals surface area contributed by atoms with Crippen LogP contribution in [0.5, 0.6) is 5.75 Å². The van der Waals surface area contributed by atoms with Crippen LogP contribution in [-0.2, 0) is 12.0 Å². The van der Waals surface area contributed by atoms with Crippen LogP contribution in [0.15, 0.2) is 29.4 Å². The first-order chi connectivity index (χ1) is 12.3. The number of ether oxygens (including phenoxy) is 1. The molecule has 0 aliphatic heterocycles. The largest absolute Gasteiger partial charge is 0.496 e. The van der Waals surface area contributed by atoms with Gasteiger partial charge in [0.25, 0.3) is 5.91 Å². The first-order valence-corrected chi connectivity index (χ1v) is 10.1. The predicted molar refractivity (Wildman–Crippen MR) is 108 cm³/mol. The van der Waals surface area contributed by atoms with Gasteiger partial charge in [-0.3, -0.25) is 8.75 Å². The summed E-state index contributed by atoms with van der Waals surface area (Å²) >= 11 is 7.57. The van der Waals surface area contributed by atoms with Gasteiger partial charge in [-0.05, 0) is 63.3 Å². The van der Waals surface area contributed by atoms with Crippen LogP contribution in [0.4, 0.5) is 0 Å². The highest BCUT2D eigenvalue weighted by atomic mass is 35.5. The molecule has 0 unspecified atom stereocenters. The van der Waals surface area contributed by atoms with Crippen molar-refractivity contribution in [3.63, 3.8) is 0 Å². The number of rotatable bonds is 6. The number of methoxy groups -OCH3 is 1. The fraction of sp³-hybridized carbons (Fsp3) is 0.500. The molecule has 0 bridgehead atoms. The molecule has 142 valence electrons. The van der Waals surface area contributed by atoms with Crippen molar-refractivity contribution >= 4 is 29.0 Å². The fourth-order valence-corrected chi connectivity index (χ4v) is 3.74. The summed E-state index contributed by atoms with van der Waals surface area (Å²) in [5.41, 5.74) is 1.46. The van der Waals surface area contributed by atoms with Gasteiger partial charge < -0.3 is 4.74 Å². The number of carbonyl (C=O) groups excluding carboxylic acids is 1. The molecule has 0 saturated heterocycles. The summed E-state index contributed by atoms with van der Waals surface area (Å²) in [7, 11) is 1.54. The van der Waals surface area contributed by atoms with Crippen molar-refractivity contribution in [2.45, 2.75) is 58.9 Å². The third-order valence-corrected chi connectivity index (χ3v) is 5.65. The second-order valence-corrected chi connectivity index (χ2v) is 8.67. The van der Waals surface area contributed by atoms with Crippen molar-refractivity contribution in [2.75, 3.05) is 7.11 Å². The third-order valence-electron chi connectivity index (χ3n) is 4.04. The maximum Gasteiger partial charge on any atom is 0.282 e. The standard InChI is InChI=1S/C20H27ClN2O2S/c1-6-7-8-9-14-13-23(20(2,3)4)26-19(14)22-18(24)16-12-15(21)10-11-17(16)25-5/h10-13H,6-9H2,1-5H3. The predicted octanol–water partition coefficient (Wildman–Crippen LogP) is 5.44. The normalized spacial score (nSPS) is 12.5. The minimum atomic E-state index is -0.330. The second-order valence-electron chi connectivity index (χ2n) is 7.27. The quantitative estimate of drug-likeness (QED) is 0.612. The Balaban J connectivity index is 2.46. The Morgan fingerprint density at radius 2 is 2.04 bits per heavy atom. The molecule has 0 saturated carbocycles. The summed E-state index contributed by atoms with van der Waals surface area (Å²) < 4.78 is 8.22. The van der Waals surface area contributed by atoms with E-state index in [1.54, 1.807) is 18.2 Å². The summed E-state index contributed by atoms with van der Waals surface area (Å²) in [5, 5.41) is 0.489. The number of unbranched alkanes of at least 4 members (excludes halogenated alkanes) is 2. The monoisotopic (exact) mass is 394 g/mol. The highest BCUT2D eigenvalue weighted by molar-refractivity contribution is 7.04. The lowest BCUT2D eigenvalue weighted by atomic mass is 10.1. The van der Waals surface area contributed by atoms with Crippen LogP contribution < -0.4 is 9.41 Å². The van der Waals surface area contributed by atoms with Crippen LogP contribution in [-0.4, -0.2) is 17.0 Å². The highest BCUT2D eigenvalue weighted by Gasteiger charge is 2.17. The van der Waals surface area contributed by atoms with E-state index in [9.17, 15) is 4.79 Å². The van der Waals surface area contributed by atoms with Crippen LogP contribution in [0, 0.1) is 0 Å². The number of hydrogen-bond acceptors (Lipinski definition) is 3. The zero-order valence-corrected chi connectivity index (χ0v) is 17.7. The van der Waals surface area contributed by atoms with E-state index in [1.807, 2.05) is 0 Å². The summed E-state index contributed by atoms with van der Waals surface area (Å²) in [6.45, 7) is 8.62. The van der Waals surface area contributed by atoms with Gasteiger partial charge in [0.2, 0.25) is 0 Å². The van der Waals surface area contributed by atoms with E-state index in [1.165, 1.54) is 25.1 Å². The lowest BCUT2D eigenvalue weighted by Gasteiger charge is -2.19. The Hall–Kier alpha value is -1.59. The first kappa shape index (κ1) is 20.7. The van der Waals surface area contributed by atoms with Crippen molar-refractivity contribution in [1.82, 2.24) is 3.96 Å². The topological polar surface area (TPSA) is 43.6 Å². The number of halogens is 1. The van der Waals surface area contributed by atoms with Gasteiger partial charge >= 0.3 is 0 Å². The molecule has 2 rings (SSSR count). The van der Waals surface area contributed by atoms with Crippen molar-refractivity contribution < 1.29 is 9.53 Å². The molecular formula is C20H27ClN2O2S. The Kier molecular flexibility index (Phi) is 7.07. The van der Waals surface area contributed by atoms with Crippen LogP contribution in [0.1, 0.15) is 62.9 Å². The van der Waals surface area contributed by atoms with E-state index < -0.39 is 0 Å². The Bertz CT molecular complexity index is 831. The van der Waals surface area contributed by atoms with Crippen LogP contribution in [0.2, 0.25) is 5.02 Å². The van der Waals surface area contributed by atoms with Crippen LogP contribution in [0.3, 0.4) is 0 Å². The molecule has 0 atom stereocenters. The maximum atomic E-state index is 12.8. The molecule has 0 aliphatic carbocycles. The van der Waals surface area contributed by atoms with E-state index in [-0.39, 0.29) is 11.4 Å². The van der Waals surface area contributed by atoms with Gasteiger partial charge in [0.15, 0.2) is 0 Å². The van der Waals surface area contributed by atoms with Crippen molar-refractivity contribution in [3.8, 4) is 5.75 Å². The van der Waals surface area contributed by atoms with Gasteiger partial charge in [-0.15, -0.1) is 0 Å². The van der Waals surface area contributed by atoms with E-state index >= 15 is 0 Å². The summed E-state index contributed by atoms with van der Waals surface area (Å²) in [6, 6.07) is 5.00. The minimum Gasteiger partial charge on any atom is -0.496 e. The van der Waals surface area contributed by atoms with Gasteiger partial charge in [-0.25, -0.2) is 0 Å². The number of carbonyl (C=O) groups is 1. The number of aromatic nitrogens is 1. The van der Waals surface area contributed by atoms with Crippen molar-refractivity contribution in [3.05, 3.63) is 45.2 Å². The van der Waals surface area contributed by atoms with Crippen molar-refractivity contribution in [2.24, 2.45) is 4.99 Å². The molecule has 0 N–H and O–H groups in total. The van der Waals surface area contributed by atoms with E-state index in [2.05, 4.69) is 42.8 Å². The molecule has 0 radical (unpaired) electrons. The molecule has 1 amide bonds. The number of benzene rings is 1. The molecule has 1 aromatic heterocycles. The lowest BCUT2D eigenvalue weighted by Crippen LogP contribution is -2.18. The van der Waals surface area contributed by atoms with Crippen molar-refractivity contribution in [1.29, 1.82) is 0 Å². The number of hydrogen-bond donors (Lipinski definition) is 0. The number of nitrogens with zero attached hydrogens (tertiary/aromatic N) is 2. The smallest absolute Gasteiger partial charge is 0.282 e. The zero-order chi connectivity index (χ0) is 19.3. The van der Waals surface area contributed by atoms with E-state index in [4.69, 9.17) is 16.3 Å². The lowest BCUT2D eigenvalue weighted by molar-refractivity contribution is 0.0996. The molecule has 0 aliphatic rings. The minimum absolute atomic E-state index is 0.0469. The van der Waals surface area contributed by atoms with Crippen LogP contribution in [0.25, 0.3) is 0 Å². The zero-order valence-electron chi connectivity index (χ0n) is 16.1. The highest BCUT2D eigenvalue weighted by Crippen LogP contribution is 2.24. The SMILES string of the molecule is CCCCCc1cn(C(C)(C)C)sc1=NC(=O)c1cc(Cl)ccc1OC. The molecule has 6 heteroatoms. The van der Waals surface area contributed by atoms with Gasteiger partial charge in [0.05, 0.1) is 12.7 Å². The van der Waals surface area contributed by atoms with E-state index in [0.29, 0.717) is 16.3 Å². The Labute approximate surface area is 164 Å². The summed E-state index contributed by atoms with van der Waals surface area (Å²) in [6.07, 6.45) is 6.47. The van der Waals surface area contributed by atoms with Gasteiger partial charge in [0.1, 0.15) is 10.4 Å². The molecule has 2 aromatic rings. The number of amides is 1.